The highest BCUT2D eigenvalue weighted by atomic mass is 16.5. The predicted octanol–water partition coefficient (Wildman–Crippen LogP) is 2.04. The summed E-state index contributed by atoms with van der Waals surface area (Å²) in [6.07, 6.45) is 1.37. The van der Waals surface area contributed by atoms with Crippen LogP contribution in [0.2, 0.25) is 0 Å². The minimum absolute atomic E-state index is 0.355. The maximum atomic E-state index is 12.0. The minimum atomic E-state index is -0.876. The lowest BCUT2D eigenvalue weighted by molar-refractivity contribution is -0.139. The Bertz CT molecular complexity index is 849. The van der Waals surface area contributed by atoms with Gasteiger partial charge in [-0.25, -0.2) is 5.43 Å². The van der Waals surface area contributed by atoms with E-state index < -0.39 is 11.8 Å². The summed E-state index contributed by atoms with van der Waals surface area (Å²) in [5.74, 6) is 0.204. The highest BCUT2D eigenvalue weighted by molar-refractivity contribution is 6.35. The molecular weight excluding hydrogens is 362 g/mol. The van der Waals surface area contributed by atoms with Crippen molar-refractivity contribution in [1.29, 1.82) is 0 Å². The fourth-order valence-electron chi connectivity index (χ4n) is 2.39. The summed E-state index contributed by atoms with van der Waals surface area (Å²) in [4.78, 5) is 24.0. The first-order valence-electron chi connectivity index (χ1n) is 8.48. The van der Waals surface area contributed by atoms with Crippen LogP contribution in [0.3, 0.4) is 0 Å². The first-order chi connectivity index (χ1) is 13.5. The van der Waals surface area contributed by atoms with E-state index in [9.17, 15) is 9.59 Å². The Kier molecular flexibility index (Phi) is 7.38. The fourth-order valence-corrected chi connectivity index (χ4v) is 2.39. The van der Waals surface area contributed by atoms with Gasteiger partial charge in [-0.3, -0.25) is 9.59 Å². The van der Waals surface area contributed by atoms with Gasteiger partial charge in [-0.2, -0.15) is 5.10 Å². The predicted molar refractivity (Wildman–Crippen MR) is 105 cm³/mol. The molecule has 2 amide bonds. The standard InChI is InChI=1S/C20H23N3O5/c1-13(14-5-7-16(26-2)8-6-14)22-19(24)20(25)23-21-12-15-11-17(27-3)9-10-18(15)28-4/h5-13H,1-4H3,(H,22,24)(H,23,25)/b21-12+. The lowest BCUT2D eigenvalue weighted by atomic mass is 10.1. The van der Waals surface area contributed by atoms with E-state index in [1.165, 1.54) is 13.3 Å². The number of benzene rings is 2. The van der Waals surface area contributed by atoms with Crippen LogP contribution in [-0.4, -0.2) is 39.4 Å². The second-order valence-electron chi connectivity index (χ2n) is 5.78. The Morgan fingerprint density at radius 2 is 1.57 bits per heavy atom. The summed E-state index contributed by atoms with van der Waals surface area (Å²) < 4.78 is 15.5. The van der Waals surface area contributed by atoms with Gasteiger partial charge in [0.2, 0.25) is 0 Å². The largest absolute Gasteiger partial charge is 0.497 e. The van der Waals surface area contributed by atoms with Crippen LogP contribution in [0, 0.1) is 0 Å². The zero-order chi connectivity index (χ0) is 20.5. The monoisotopic (exact) mass is 385 g/mol. The van der Waals surface area contributed by atoms with Gasteiger partial charge in [0.05, 0.1) is 33.6 Å². The molecule has 0 heterocycles. The molecule has 148 valence electrons. The zero-order valence-corrected chi connectivity index (χ0v) is 16.2. The third kappa shape index (κ3) is 5.47. The van der Waals surface area contributed by atoms with Gasteiger partial charge in [0.15, 0.2) is 0 Å². The van der Waals surface area contributed by atoms with E-state index >= 15 is 0 Å². The van der Waals surface area contributed by atoms with E-state index in [0.29, 0.717) is 22.8 Å². The molecule has 8 nitrogen and oxygen atoms in total. The van der Waals surface area contributed by atoms with Crippen molar-refractivity contribution < 1.29 is 23.8 Å². The number of hydrazone groups is 1. The average Bonchev–Trinajstić information content (AvgIpc) is 2.73. The van der Waals surface area contributed by atoms with E-state index in [4.69, 9.17) is 14.2 Å². The number of carbonyl (C=O) groups is 2. The Labute approximate surface area is 163 Å². The molecule has 0 bridgehead atoms. The molecule has 2 aromatic carbocycles. The van der Waals surface area contributed by atoms with Crippen molar-refractivity contribution in [3.63, 3.8) is 0 Å². The first kappa shape index (κ1) is 20.8. The highest BCUT2D eigenvalue weighted by Crippen LogP contribution is 2.22. The van der Waals surface area contributed by atoms with Crippen molar-refractivity contribution in [1.82, 2.24) is 10.7 Å². The van der Waals surface area contributed by atoms with Gasteiger partial charge in [0.25, 0.3) is 0 Å². The van der Waals surface area contributed by atoms with Gasteiger partial charge in [0, 0.05) is 5.56 Å². The zero-order valence-electron chi connectivity index (χ0n) is 16.2. The smallest absolute Gasteiger partial charge is 0.329 e. The second-order valence-corrected chi connectivity index (χ2v) is 5.78. The number of carbonyl (C=O) groups excluding carboxylic acids is 2. The number of amides is 2. The number of nitrogens with zero attached hydrogens (tertiary/aromatic N) is 1. The highest BCUT2D eigenvalue weighted by Gasteiger charge is 2.16. The van der Waals surface area contributed by atoms with Gasteiger partial charge in [0.1, 0.15) is 17.2 Å². The molecular formula is C20H23N3O5. The molecule has 1 atom stereocenters. The number of hydrogen-bond donors (Lipinski definition) is 2. The molecule has 2 N–H and O–H groups in total. The summed E-state index contributed by atoms with van der Waals surface area (Å²) in [6, 6.07) is 12.0. The van der Waals surface area contributed by atoms with Crippen LogP contribution in [0.5, 0.6) is 17.2 Å². The van der Waals surface area contributed by atoms with Gasteiger partial charge >= 0.3 is 11.8 Å². The van der Waals surface area contributed by atoms with Crippen molar-refractivity contribution in [3.05, 3.63) is 53.6 Å². The Morgan fingerprint density at radius 3 is 2.18 bits per heavy atom. The molecule has 0 saturated heterocycles. The normalized spacial score (nSPS) is 11.6. The molecule has 28 heavy (non-hydrogen) atoms. The van der Waals surface area contributed by atoms with Crippen molar-refractivity contribution in [2.75, 3.05) is 21.3 Å². The van der Waals surface area contributed by atoms with Crippen molar-refractivity contribution in [2.45, 2.75) is 13.0 Å². The topological polar surface area (TPSA) is 98.2 Å². The quantitative estimate of drug-likeness (QED) is 0.432. The van der Waals surface area contributed by atoms with Crippen LogP contribution in [0.1, 0.15) is 24.1 Å². The van der Waals surface area contributed by atoms with Gasteiger partial charge < -0.3 is 19.5 Å². The molecule has 0 aliphatic rings. The van der Waals surface area contributed by atoms with Gasteiger partial charge in [-0.05, 0) is 42.8 Å². The van der Waals surface area contributed by atoms with E-state index in [2.05, 4.69) is 15.8 Å². The molecule has 0 aliphatic heterocycles. The van der Waals surface area contributed by atoms with Crippen LogP contribution in [0.4, 0.5) is 0 Å². The minimum Gasteiger partial charge on any atom is -0.497 e. The lowest BCUT2D eigenvalue weighted by Crippen LogP contribution is -2.39. The lowest BCUT2D eigenvalue weighted by Gasteiger charge is -2.14. The molecule has 0 spiro atoms. The molecule has 0 aliphatic carbocycles. The van der Waals surface area contributed by atoms with E-state index in [1.807, 2.05) is 12.1 Å². The summed E-state index contributed by atoms with van der Waals surface area (Å²) >= 11 is 0. The van der Waals surface area contributed by atoms with Crippen LogP contribution in [0.15, 0.2) is 47.6 Å². The Morgan fingerprint density at radius 1 is 0.929 bits per heavy atom. The summed E-state index contributed by atoms with van der Waals surface area (Å²) in [5, 5.41) is 6.42. The second kappa shape index (κ2) is 9.96. The third-order valence-corrected chi connectivity index (χ3v) is 3.98. The molecule has 0 fully saturated rings. The van der Waals surface area contributed by atoms with E-state index in [-0.39, 0.29) is 6.04 Å². The maximum absolute atomic E-state index is 12.0. The molecule has 0 radical (unpaired) electrons. The number of hydrogen-bond acceptors (Lipinski definition) is 6. The van der Waals surface area contributed by atoms with Crippen molar-refractivity contribution in [3.8, 4) is 17.2 Å². The fraction of sp³-hybridized carbons (Fsp3) is 0.250. The van der Waals surface area contributed by atoms with E-state index in [0.717, 1.165) is 5.56 Å². The molecule has 0 saturated carbocycles. The number of methoxy groups -OCH3 is 3. The summed E-state index contributed by atoms with van der Waals surface area (Å²) in [5.41, 5.74) is 3.63. The van der Waals surface area contributed by atoms with E-state index in [1.54, 1.807) is 51.5 Å². The van der Waals surface area contributed by atoms with Crippen molar-refractivity contribution in [2.24, 2.45) is 5.10 Å². The summed E-state index contributed by atoms with van der Waals surface area (Å²) in [7, 11) is 4.64. The third-order valence-electron chi connectivity index (χ3n) is 3.98. The Balaban J connectivity index is 1.95. The van der Waals surface area contributed by atoms with Gasteiger partial charge in [-0.15, -0.1) is 0 Å². The first-order valence-corrected chi connectivity index (χ1v) is 8.48. The molecule has 2 rings (SSSR count). The number of nitrogens with one attached hydrogen (secondary N) is 2. The molecule has 2 aromatic rings. The van der Waals surface area contributed by atoms with Crippen LogP contribution in [-0.2, 0) is 9.59 Å². The molecule has 1 unspecified atom stereocenters. The van der Waals surface area contributed by atoms with Gasteiger partial charge in [-0.1, -0.05) is 12.1 Å². The van der Waals surface area contributed by atoms with Crippen LogP contribution < -0.4 is 25.0 Å². The van der Waals surface area contributed by atoms with Crippen LogP contribution >= 0.6 is 0 Å². The maximum Gasteiger partial charge on any atom is 0.329 e. The Hall–Kier alpha value is -3.55. The molecule has 8 heteroatoms. The average molecular weight is 385 g/mol. The number of rotatable bonds is 7. The van der Waals surface area contributed by atoms with Crippen LogP contribution in [0.25, 0.3) is 0 Å². The molecule has 0 aromatic heterocycles. The number of ether oxygens (including phenoxy) is 3. The SMILES string of the molecule is COc1ccc(C(C)NC(=O)C(=O)N/N=C/c2cc(OC)ccc2OC)cc1. The van der Waals surface area contributed by atoms with Crippen molar-refractivity contribution >= 4 is 18.0 Å². The summed E-state index contributed by atoms with van der Waals surface area (Å²) in [6.45, 7) is 1.78.